The molecule has 0 aromatic heterocycles. The molecule has 3 N–H and O–H groups in total. The molecule has 0 aromatic carbocycles. The molecule has 58 valence electrons. The topological polar surface area (TPSA) is 72.5 Å². The van der Waals surface area contributed by atoms with Crippen LogP contribution in [0.25, 0.3) is 0 Å². The summed E-state index contributed by atoms with van der Waals surface area (Å²) < 4.78 is 4.44. The van der Waals surface area contributed by atoms with Crippen LogP contribution in [0.4, 0.5) is 0 Å². The largest absolute Gasteiger partial charge is 0.469 e. The number of methoxy groups -OCH3 is 1. The lowest BCUT2D eigenvalue weighted by Crippen LogP contribution is -2.55. The van der Waals surface area contributed by atoms with E-state index in [-0.39, 0.29) is 11.9 Å². The minimum absolute atomic E-state index is 0.292. The third kappa shape index (κ3) is 0.998. The highest BCUT2D eigenvalue weighted by Gasteiger charge is 2.42. The fraction of sp³-hybridized carbons (Fsp3) is 0.833. The number of carbonyl (C=O) groups excluding carboxylic acids is 1. The summed E-state index contributed by atoms with van der Waals surface area (Å²) in [6.07, 6.45) is -0.0856. The molecule has 1 aliphatic carbocycles. The van der Waals surface area contributed by atoms with Crippen LogP contribution in [0.5, 0.6) is 0 Å². The molecule has 0 unspecified atom stereocenters. The van der Waals surface area contributed by atoms with Crippen molar-refractivity contribution in [3.05, 3.63) is 0 Å². The van der Waals surface area contributed by atoms with E-state index in [0.29, 0.717) is 6.42 Å². The fourth-order valence-corrected chi connectivity index (χ4v) is 1.05. The Hall–Kier alpha value is -0.610. The Morgan fingerprint density at radius 1 is 1.80 bits per heavy atom. The first-order valence-electron chi connectivity index (χ1n) is 3.18. The molecule has 4 heteroatoms. The van der Waals surface area contributed by atoms with Gasteiger partial charge in [-0.25, -0.2) is 0 Å². The second-order valence-electron chi connectivity index (χ2n) is 2.51. The second kappa shape index (κ2) is 2.56. The van der Waals surface area contributed by atoms with Gasteiger partial charge in [0.2, 0.25) is 0 Å². The molecule has 0 amide bonds. The minimum Gasteiger partial charge on any atom is -0.469 e. The van der Waals surface area contributed by atoms with E-state index in [1.165, 1.54) is 7.11 Å². The summed E-state index contributed by atoms with van der Waals surface area (Å²) in [6, 6.07) is -0.424. The quantitative estimate of drug-likeness (QED) is 0.458. The van der Waals surface area contributed by atoms with Crippen LogP contribution in [-0.4, -0.2) is 30.3 Å². The minimum atomic E-state index is -0.524. The monoisotopic (exact) mass is 145 g/mol. The number of aliphatic hydroxyl groups is 1. The highest BCUT2D eigenvalue weighted by Crippen LogP contribution is 2.26. The molecular formula is C6H11NO3. The maximum absolute atomic E-state index is 10.7. The Morgan fingerprint density at radius 3 is 2.70 bits per heavy atom. The third-order valence-corrected chi connectivity index (χ3v) is 1.91. The van der Waals surface area contributed by atoms with E-state index in [0.717, 1.165) is 0 Å². The predicted molar refractivity (Wildman–Crippen MR) is 34.1 cm³/mol. The number of hydrogen-bond donors (Lipinski definition) is 2. The first-order valence-corrected chi connectivity index (χ1v) is 3.18. The van der Waals surface area contributed by atoms with Crippen molar-refractivity contribution in [1.29, 1.82) is 0 Å². The van der Waals surface area contributed by atoms with Gasteiger partial charge in [-0.2, -0.15) is 0 Å². The number of rotatable bonds is 1. The van der Waals surface area contributed by atoms with Crippen molar-refractivity contribution in [1.82, 2.24) is 0 Å². The van der Waals surface area contributed by atoms with Gasteiger partial charge in [0.15, 0.2) is 0 Å². The average molecular weight is 145 g/mol. The summed E-state index contributed by atoms with van der Waals surface area (Å²) in [5.74, 6) is -0.613. The molecule has 0 spiro atoms. The Balaban J connectivity index is 2.40. The third-order valence-electron chi connectivity index (χ3n) is 1.91. The molecule has 1 saturated carbocycles. The first kappa shape index (κ1) is 7.50. The van der Waals surface area contributed by atoms with Crippen molar-refractivity contribution >= 4 is 5.97 Å². The molecular weight excluding hydrogens is 134 g/mol. The van der Waals surface area contributed by atoms with Gasteiger partial charge >= 0.3 is 5.97 Å². The maximum atomic E-state index is 10.7. The van der Waals surface area contributed by atoms with Crippen molar-refractivity contribution < 1.29 is 14.6 Å². The van der Waals surface area contributed by atoms with E-state index in [1.54, 1.807) is 0 Å². The van der Waals surface area contributed by atoms with Gasteiger partial charge in [0.1, 0.15) is 0 Å². The van der Waals surface area contributed by atoms with E-state index < -0.39 is 12.1 Å². The van der Waals surface area contributed by atoms with Gasteiger partial charge in [0.05, 0.1) is 19.1 Å². The molecule has 0 heterocycles. The molecule has 1 aliphatic rings. The highest BCUT2D eigenvalue weighted by molar-refractivity contribution is 5.74. The number of aliphatic hydroxyl groups excluding tert-OH is 1. The molecule has 3 atom stereocenters. The smallest absolute Gasteiger partial charge is 0.310 e. The van der Waals surface area contributed by atoms with Gasteiger partial charge in [-0.1, -0.05) is 0 Å². The first-order chi connectivity index (χ1) is 4.66. The molecule has 0 aliphatic heterocycles. The molecule has 0 bridgehead atoms. The fourth-order valence-electron chi connectivity index (χ4n) is 1.05. The van der Waals surface area contributed by atoms with Gasteiger partial charge < -0.3 is 15.6 Å². The Labute approximate surface area is 59.0 Å². The normalized spacial score (nSPS) is 38.5. The van der Waals surface area contributed by atoms with E-state index in [9.17, 15) is 4.79 Å². The van der Waals surface area contributed by atoms with Crippen molar-refractivity contribution in [3.8, 4) is 0 Å². The van der Waals surface area contributed by atoms with Gasteiger partial charge in [0.25, 0.3) is 0 Å². The van der Waals surface area contributed by atoms with Crippen LogP contribution < -0.4 is 5.73 Å². The summed E-state index contributed by atoms with van der Waals surface area (Å²) in [5.41, 5.74) is 5.39. The van der Waals surface area contributed by atoms with E-state index in [1.807, 2.05) is 0 Å². The van der Waals surface area contributed by atoms with Crippen LogP contribution in [0.3, 0.4) is 0 Å². The molecule has 0 aromatic rings. The standard InChI is InChI=1S/C6H11NO3/c1-10-6(9)3-2-4(8)5(3)7/h3-5,8H,2,7H2,1H3/t3-,4+,5-/m1/s1. The Morgan fingerprint density at radius 2 is 2.40 bits per heavy atom. The lowest BCUT2D eigenvalue weighted by Gasteiger charge is -2.36. The summed E-state index contributed by atoms with van der Waals surface area (Å²) in [6.45, 7) is 0. The molecule has 4 nitrogen and oxygen atoms in total. The van der Waals surface area contributed by atoms with Gasteiger partial charge in [-0.05, 0) is 6.42 Å². The number of carbonyl (C=O) groups is 1. The highest BCUT2D eigenvalue weighted by atomic mass is 16.5. The molecule has 0 saturated heterocycles. The number of esters is 1. The summed E-state index contributed by atoms with van der Waals surface area (Å²) in [4.78, 5) is 10.7. The summed E-state index contributed by atoms with van der Waals surface area (Å²) in [7, 11) is 1.32. The van der Waals surface area contributed by atoms with Crippen molar-refractivity contribution in [2.45, 2.75) is 18.6 Å². The van der Waals surface area contributed by atoms with Crippen LogP contribution in [0.2, 0.25) is 0 Å². The lowest BCUT2D eigenvalue weighted by atomic mass is 9.77. The molecule has 10 heavy (non-hydrogen) atoms. The lowest BCUT2D eigenvalue weighted by molar-refractivity contribution is -0.154. The SMILES string of the molecule is COC(=O)[C@@H]1C[C@H](O)[C@@H]1N. The zero-order valence-electron chi connectivity index (χ0n) is 5.78. The van der Waals surface area contributed by atoms with Crippen molar-refractivity contribution in [2.75, 3.05) is 7.11 Å². The van der Waals surface area contributed by atoms with Crippen LogP contribution in [-0.2, 0) is 9.53 Å². The molecule has 1 fully saturated rings. The number of nitrogens with two attached hydrogens (primary N) is 1. The Bertz CT molecular complexity index is 148. The van der Waals surface area contributed by atoms with Gasteiger partial charge in [0, 0.05) is 6.04 Å². The van der Waals surface area contributed by atoms with E-state index >= 15 is 0 Å². The second-order valence-corrected chi connectivity index (χ2v) is 2.51. The molecule has 1 rings (SSSR count). The molecule has 0 radical (unpaired) electrons. The van der Waals surface area contributed by atoms with E-state index in [2.05, 4.69) is 4.74 Å². The average Bonchev–Trinajstić information content (AvgIpc) is 1.98. The summed E-state index contributed by atoms with van der Waals surface area (Å²) >= 11 is 0. The predicted octanol–water partition coefficient (Wildman–Crippen LogP) is -1.13. The zero-order valence-corrected chi connectivity index (χ0v) is 5.78. The Kier molecular flexibility index (Phi) is 1.92. The van der Waals surface area contributed by atoms with Gasteiger partial charge in [-0.3, -0.25) is 4.79 Å². The maximum Gasteiger partial charge on any atom is 0.310 e. The van der Waals surface area contributed by atoms with E-state index in [4.69, 9.17) is 10.8 Å². The van der Waals surface area contributed by atoms with Crippen LogP contribution in [0.15, 0.2) is 0 Å². The van der Waals surface area contributed by atoms with Crippen LogP contribution in [0.1, 0.15) is 6.42 Å². The zero-order chi connectivity index (χ0) is 7.72. The van der Waals surface area contributed by atoms with Crippen molar-refractivity contribution in [3.63, 3.8) is 0 Å². The number of ether oxygens (including phenoxy) is 1. The van der Waals surface area contributed by atoms with Crippen molar-refractivity contribution in [2.24, 2.45) is 11.7 Å². The van der Waals surface area contributed by atoms with Crippen LogP contribution >= 0.6 is 0 Å². The van der Waals surface area contributed by atoms with Gasteiger partial charge in [-0.15, -0.1) is 0 Å². The van der Waals surface area contributed by atoms with Crippen LogP contribution in [0, 0.1) is 5.92 Å². The number of hydrogen-bond acceptors (Lipinski definition) is 4. The summed E-state index contributed by atoms with van der Waals surface area (Å²) in [5, 5.41) is 8.90.